The lowest BCUT2D eigenvalue weighted by atomic mass is 9.99. The minimum atomic E-state index is -2.66. The summed E-state index contributed by atoms with van der Waals surface area (Å²) in [6.07, 6.45) is 1.40. The van der Waals surface area contributed by atoms with Gasteiger partial charge in [0, 0.05) is 29.4 Å². The average molecular weight is 446 g/mol. The highest BCUT2D eigenvalue weighted by Crippen LogP contribution is 2.32. The zero-order valence-corrected chi connectivity index (χ0v) is 17.8. The van der Waals surface area contributed by atoms with Gasteiger partial charge in [-0.15, -0.1) is 0 Å². The van der Waals surface area contributed by atoms with Gasteiger partial charge in [-0.1, -0.05) is 30.2 Å². The van der Waals surface area contributed by atoms with E-state index in [-0.39, 0.29) is 10.5 Å². The summed E-state index contributed by atoms with van der Waals surface area (Å²) in [6.45, 7) is 2.54. The van der Waals surface area contributed by atoms with Crippen LogP contribution >= 0.6 is 0 Å². The molecule has 0 bridgehead atoms. The number of amides is 1. The smallest absolute Gasteiger partial charge is 0.293 e. The van der Waals surface area contributed by atoms with E-state index < -0.39 is 16.6 Å². The average Bonchev–Trinajstić information content (AvgIpc) is 2.78. The fourth-order valence-electron chi connectivity index (χ4n) is 3.50. The second kappa shape index (κ2) is 8.53. The summed E-state index contributed by atoms with van der Waals surface area (Å²) < 4.78 is 22.4. The number of hydrogen-bond donors (Lipinski definition) is 4. The Balaban J connectivity index is 2.04. The van der Waals surface area contributed by atoms with E-state index in [0.717, 1.165) is 16.5 Å². The van der Waals surface area contributed by atoms with Crippen LogP contribution in [0, 0.1) is 11.8 Å². The van der Waals surface area contributed by atoms with Crippen LogP contribution in [-0.2, 0) is 15.5 Å². The molecule has 0 radical (unpaired) electrons. The summed E-state index contributed by atoms with van der Waals surface area (Å²) in [6, 6.07) is 12.1. The molecule has 0 unspecified atom stereocenters. The lowest BCUT2D eigenvalue weighted by molar-refractivity contribution is -0.112. The van der Waals surface area contributed by atoms with Crippen molar-refractivity contribution in [2.24, 2.45) is 5.73 Å². The summed E-state index contributed by atoms with van der Waals surface area (Å²) in [4.78, 5) is 31.4. The van der Waals surface area contributed by atoms with E-state index >= 15 is 0 Å². The lowest BCUT2D eigenvalue weighted by Crippen LogP contribution is -2.11. The number of pyridine rings is 2. The van der Waals surface area contributed by atoms with Gasteiger partial charge in [-0.2, -0.15) is 0 Å². The third-order valence-electron chi connectivity index (χ3n) is 4.91. The molecule has 0 spiro atoms. The van der Waals surface area contributed by atoms with Crippen molar-refractivity contribution in [3.63, 3.8) is 0 Å². The van der Waals surface area contributed by atoms with Crippen molar-refractivity contribution >= 4 is 44.1 Å². The van der Waals surface area contributed by atoms with E-state index in [0.29, 0.717) is 34.2 Å². The van der Waals surface area contributed by atoms with Crippen LogP contribution in [0.15, 0.2) is 58.4 Å². The van der Waals surface area contributed by atoms with E-state index in [9.17, 15) is 18.0 Å². The van der Waals surface area contributed by atoms with Gasteiger partial charge >= 0.3 is 0 Å². The molecule has 4 N–H and O–H groups in total. The Morgan fingerprint density at radius 2 is 1.84 bits per heavy atom. The quantitative estimate of drug-likeness (QED) is 0.215. The molecule has 0 fully saturated rings. The first kappa shape index (κ1) is 21.1. The van der Waals surface area contributed by atoms with Crippen LogP contribution in [0.1, 0.15) is 12.5 Å². The highest BCUT2D eigenvalue weighted by molar-refractivity contribution is 7.72. The molecule has 4 aromatic rings. The Bertz CT molecular complexity index is 1570. The minimum absolute atomic E-state index is 0.225. The zero-order chi connectivity index (χ0) is 22.8. The Morgan fingerprint density at radius 1 is 1.12 bits per heavy atom. The van der Waals surface area contributed by atoms with E-state index in [2.05, 4.69) is 27.1 Å². The molecule has 0 saturated carbocycles. The third-order valence-corrected chi connectivity index (χ3v) is 5.63. The number of primary amides is 1. The Labute approximate surface area is 184 Å². The molecule has 2 aromatic heterocycles. The highest BCUT2D eigenvalue weighted by Gasteiger charge is 2.15. The van der Waals surface area contributed by atoms with E-state index in [4.69, 9.17) is 5.73 Å². The van der Waals surface area contributed by atoms with Gasteiger partial charge in [0.1, 0.15) is 5.82 Å². The molecule has 2 heterocycles. The van der Waals surface area contributed by atoms with Crippen molar-refractivity contribution < 1.29 is 13.2 Å². The maximum atomic E-state index is 12.8. The predicted molar refractivity (Wildman–Crippen MR) is 124 cm³/mol. The summed E-state index contributed by atoms with van der Waals surface area (Å²) in [5.74, 6) is 4.74. The molecule has 8 nitrogen and oxygen atoms in total. The monoisotopic (exact) mass is 446 g/mol. The Hall–Kier alpha value is -4.16. The van der Waals surface area contributed by atoms with Gasteiger partial charge in [-0.3, -0.25) is 9.59 Å². The molecule has 0 saturated heterocycles. The number of rotatable bonds is 4. The second-order valence-corrected chi connectivity index (χ2v) is 7.96. The van der Waals surface area contributed by atoms with Gasteiger partial charge < -0.3 is 16.0 Å². The van der Waals surface area contributed by atoms with Crippen LogP contribution in [0.25, 0.3) is 32.8 Å². The number of aromatic nitrogens is 2. The van der Waals surface area contributed by atoms with Crippen LogP contribution in [0.4, 0.5) is 5.82 Å². The summed E-state index contributed by atoms with van der Waals surface area (Å²) >= 11 is 0. The SMILES string of the molecule is CCNc1nc2c(C#CC(N)=O)c[nH]c(=O)c2c2cc(-c3ccc([SH](=O)=O)cc3)ccc12. The first-order valence-corrected chi connectivity index (χ1v) is 10.9. The number of carbonyl (C=O) groups excluding carboxylic acids is 1. The van der Waals surface area contributed by atoms with Crippen LogP contribution in [0.3, 0.4) is 0 Å². The van der Waals surface area contributed by atoms with Crippen molar-refractivity contribution in [1.29, 1.82) is 0 Å². The molecule has 1 amide bonds. The van der Waals surface area contributed by atoms with E-state index in [1.807, 2.05) is 25.1 Å². The number of anilines is 1. The molecular formula is C23H18N4O4S. The number of benzene rings is 2. The topological polar surface area (TPSA) is 135 Å². The molecule has 2 aromatic carbocycles. The molecule has 0 aliphatic heterocycles. The van der Waals surface area contributed by atoms with Crippen molar-refractivity contribution in [2.75, 3.05) is 11.9 Å². The molecule has 4 rings (SSSR count). The Morgan fingerprint density at radius 3 is 2.50 bits per heavy atom. The largest absolute Gasteiger partial charge is 0.370 e. The number of thiol groups is 1. The van der Waals surface area contributed by atoms with Crippen molar-refractivity contribution in [3.05, 3.63) is 64.6 Å². The number of hydrogen-bond acceptors (Lipinski definition) is 6. The van der Waals surface area contributed by atoms with Gasteiger partial charge in [0.25, 0.3) is 11.5 Å². The van der Waals surface area contributed by atoms with E-state index in [1.54, 1.807) is 12.1 Å². The van der Waals surface area contributed by atoms with Crippen LogP contribution in [0.2, 0.25) is 0 Å². The maximum Gasteiger partial charge on any atom is 0.293 e. The van der Waals surface area contributed by atoms with E-state index in [1.165, 1.54) is 18.3 Å². The number of fused-ring (bicyclic) bond motifs is 3. The number of nitrogens with two attached hydrogens (primary N) is 1. The number of H-pyrrole nitrogens is 1. The van der Waals surface area contributed by atoms with Gasteiger partial charge in [0.15, 0.2) is 10.7 Å². The fraction of sp³-hybridized carbons (Fsp3) is 0.0870. The van der Waals surface area contributed by atoms with Crippen LogP contribution < -0.4 is 16.6 Å². The summed E-state index contributed by atoms with van der Waals surface area (Å²) in [5.41, 5.74) is 7.11. The maximum absolute atomic E-state index is 12.8. The molecule has 32 heavy (non-hydrogen) atoms. The number of nitrogens with zero attached hydrogens (tertiary/aromatic N) is 1. The molecule has 9 heteroatoms. The number of carbonyl (C=O) groups is 1. The molecule has 160 valence electrons. The zero-order valence-electron chi connectivity index (χ0n) is 16.9. The second-order valence-electron chi connectivity index (χ2n) is 6.92. The number of aromatic amines is 1. The van der Waals surface area contributed by atoms with Gasteiger partial charge in [-0.05, 0) is 36.2 Å². The van der Waals surface area contributed by atoms with Gasteiger partial charge in [0.05, 0.1) is 21.4 Å². The summed E-state index contributed by atoms with van der Waals surface area (Å²) in [5, 5.41) is 4.92. The highest BCUT2D eigenvalue weighted by atomic mass is 32.2. The minimum Gasteiger partial charge on any atom is -0.370 e. The third kappa shape index (κ3) is 3.91. The van der Waals surface area contributed by atoms with Crippen LogP contribution in [0.5, 0.6) is 0 Å². The predicted octanol–water partition coefficient (Wildman–Crippen LogP) is 1.98. The van der Waals surface area contributed by atoms with Gasteiger partial charge in [0.2, 0.25) is 0 Å². The normalized spacial score (nSPS) is 10.8. The number of nitrogens with one attached hydrogen (secondary N) is 2. The first-order chi connectivity index (χ1) is 15.4. The van der Waals surface area contributed by atoms with Crippen molar-refractivity contribution in [2.45, 2.75) is 11.8 Å². The molecule has 0 aliphatic rings. The summed E-state index contributed by atoms with van der Waals surface area (Å²) in [7, 11) is -2.66. The first-order valence-electron chi connectivity index (χ1n) is 9.68. The van der Waals surface area contributed by atoms with Crippen LogP contribution in [-0.4, -0.2) is 30.8 Å². The molecular weight excluding hydrogens is 428 g/mol. The molecule has 0 aliphatic carbocycles. The van der Waals surface area contributed by atoms with Crippen molar-refractivity contribution in [1.82, 2.24) is 9.97 Å². The standard InChI is InChI=1S/C23H18N4O4S/c1-2-25-22-17-9-5-14(13-3-7-16(8-4-13)32(30)31)11-18(17)20-21(27-22)15(6-10-19(24)28)12-26-23(20)29/h3-5,7-9,11-12,32H,2H2,1H3,(H2,24,28)(H,25,27)(H,26,29). The molecule has 0 atom stereocenters. The lowest BCUT2D eigenvalue weighted by Gasteiger charge is -2.12. The Kier molecular flexibility index (Phi) is 5.62. The van der Waals surface area contributed by atoms with Crippen molar-refractivity contribution in [3.8, 4) is 23.0 Å². The van der Waals surface area contributed by atoms with Gasteiger partial charge in [-0.25, -0.2) is 13.4 Å². The fourth-order valence-corrected chi connectivity index (χ4v) is 3.89.